The summed E-state index contributed by atoms with van der Waals surface area (Å²) in [6, 6.07) is 17.6. The molecule has 0 bridgehead atoms. The number of hydrogen-bond donors (Lipinski definition) is 0. The Balaban J connectivity index is 2.21. The Morgan fingerprint density at radius 2 is 1.70 bits per heavy atom. The second-order valence-corrected chi connectivity index (χ2v) is 5.60. The first-order valence-corrected chi connectivity index (χ1v) is 7.10. The number of alkyl halides is 1. The maximum atomic E-state index is 15.0. The van der Waals surface area contributed by atoms with Crippen LogP contribution in [-0.4, -0.2) is 12.3 Å². The van der Waals surface area contributed by atoms with Crippen LogP contribution < -0.4 is 0 Å². The van der Waals surface area contributed by atoms with Crippen LogP contribution in [0.5, 0.6) is 0 Å². The number of rotatable bonds is 3. The van der Waals surface area contributed by atoms with Crippen molar-refractivity contribution in [1.29, 1.82) is 0 Å². The lowest BCUT2D eigenvalue weighted by Gasteiger charge is -2.35. The zero-order valence-electron chi connectivity index (χ0n) is 11.8. The minimum absolute atomic E-state index is 0.0420. The fourth-order valence-corrected chi connectivity index (χ4v) is 3.17. The lowest BCUT2D eigenvalue weighted by Crippen LogP contribution is -2.39. The van der Waals surface area contributed by atoms with Crippen LogP contribution in [0.2, 0.25) is 0 Å². The Morgan fingerprint density at radius 3 is 2.40 bits per heavy atom. The van der Waals surface area contributed by atoms with Gasteiger partial charge in [0.15, 0.2) is 5.60 Å². The van der Waals surface area contributed by atoms with Gasteiger partial charge in [0.05, 0.1) is 6.10 Å². The minimum atomic E-state index is -1.05. The highest BCUT2D eigenvalue weighted by molar-refractivity contribution is 5.47. The van der Waals surface area contributed by atoms with Gasteiger partial charge in [-0.15, -0.1) is 0 Å². The van der Waals surface area contributed by atoms with E-state index in [2.05, 4.69) is 0 Å². The largest absolute Gasteiger partial charge is 0.360 e. The van der Waals surface area contributed by atoms with E-state index in [1.54, 1.807) is 0 Å². The Hall–Kier alpha value is -1.67. The maximum absolute atomic E-state index is 15.0. The molecule has 0 unspecified atom stereocenters. The van der Waals surface area contributed by atoms with Crippen LogP contribution >= 0.6 is 0 Å². The van der Waals surface area contributed by atoms with Crippen LogP contribution in [0.15, 0.2) is 54.6 Å². The van der Waals surface area contributed by atoms with E-state index in [4.69, 9.17) is 4.74 Å². The van der Waals surface area contributed by atoms with Crippen LogP contribution in [0.1, 0.15) is 30.5 Å². The molecule has 2 atom stereocenters. The second kappa shape index (κ2) is 5.02. The van der Waals surface area contributed by atoms with Gasteiger partial charge in [0, 0.05) is 6.42 Å². The van der Waals surface area contributed by atoms with Crippen LogP contribution in [-0.2, 0) is 16.8 Å². The zero-order valence-corrected chi connectivity index (χ0v) is 11.8. The van der Waals surface area contributed by atoms with Crippen molar-refractivity contribution in [2.45, 2.75) is 38.1 Å². The molecule has 1 aliphatic carbocycles. The highest BCUT2D eigenvalue weighted by atomic mass is 19.1. The third-order valence-electron chi connectivity index (χ3n) is 3.88. The van der Waals surface area contributed by atoms with E-state index in [0.717, 1.165) is 16.7 Å². The lowest BCUT2D eigenvalue weighted by atomic mass is 9.86. The minimum Gasteiger partial charge on any atom is -0.360 e. The van der Waals surface area contributed by atoms with Gasteiger partial charge in [0.2, 0.25) is 0 Å². The summed E-state index contributed by atoms with van der Waals surface area (Å²) in [5, 5.41) is 0. The number of hydrogen-bond acceptors (Lipinski definition) is 1. The summed E-state index contributed by atoms with van der Waals surface area (Å²) in [6.07, 6.45) is -0.679. The highest BCUT2D eigenvalue weighted by Gasteiger charge is 2.50. The predicted molar refractivity (Wildman–Crippen MR) is 78.5 cm³/mol. The van der Waals surface area contributed by atoms with Crippen molar-refractivity contribution in [3.8, 4) is 0 Å². The van der Waals surface area contributed by atoms with Crippen molar-refractivity contribution in [2.75, 3.05) is 0 Å². The average molecular weight is 270 g/mol. The molecular formula is C18H19FO. The molecule has 2 heteroatoms. The molecule has 0 amide bonds. The van der Waals surface area contributed by atoms with Crippen LogP contribution in [0.4, 0.5) is 4.39 Å². The first-order chi connectivity index (χ1) is 9.64. The monoisotopic (exact) mass is 270 g/mol. The van der Waals surface area contributed by atoms with E-state index in [9.17, 15) is 4.39 Å². The van der Waals surface area contributed by atoms with Crippen molar-refractivity contribution in [3.63, 3.8) is 0 Å². The fourth-order valence-electron chi connectivity index (χ4n) is 3.17. The zero-order chi connectivity index (χ0) is 14.2. The molecule has 20 heavy (non-hydrogen) atoms. The number of benzene rings is 2. The van der Waals surface area contributed by atoms with Crippen LogP contribution in [0, 0.1) is 0 Å². The molecule has 0 saturated carbocycles. The number of halogens is 1. The SMILES string of the molecule is CC(C)O[C@]1(c2ccccc2)c2ccccc2C[C@H]1F. The Kier molecular flexibility index (Phi) is 3.35. The van der Waals surface area contributed by atoms with Gasteiger partial charge in [-0.2, -0.15) is 0 Å². The molecule has 2 aromatic rings. The average Bonchev–Trinajstić information content (AvgIpc) is 2.73. The summed E-state index contributed by atoms with van der Waals surface area (Å²) in [7, 11) is 0. The molecule has 3 rings (SSSR count). The summed E-state index contributed by atoms with van der Waals surface area (Å²) < 4.78 is 21.1. The summed E-state index contributed by atoms with van der Waals surface area (Å²) in [5.41, 5.74) is 1.94. The maximum Gasteiger partial charge on any atom is 0.150 e. The molecule has 0 spiro atoms. The van der Waals surface area contributed by atoms with Gasteiger partial charge in [-0.3, -0.25) is 0 Å². The summed E-state index contributed by atoms with van der Waals surface area (Å²) in [6.45, 7) is 3.91. The van der Waals surface area contributed by atoms with E-state index in [1.165, 1.54) is 0 Å². The molecule has 1 aliphatic rings. The van der Waals surface area contributed by atoms with Gasteiger partial charge in [-0.25, -0.2) is 4.39 Å². The fraction of sp³-hybridized carbons (Fsp3) is 0.333. The topological polar surface area (TPSA) is 9.23 Å². The molecule has 0 saturated heterocycles. The summed E-state index contributed by atoms with van der Waals surface area (Å²) >= 11 is 0. The van der Waals surface area contributed by atoms with E-state index >= 15 is 0 Å². The van der Waals surface area contributed by atoms with E-state index < -0.39 is 11.8 Å². The molecule has 0 fully saturated rings. The third-order valence-corrected chi connectivity index (χ3v) is 3.88. The molecular weight excluding hydrogens is 251 g/mol. The Morgan fingerprint density at radius 1 is 1.05 bits per heavy atom. The van der Waals surface area contributed by atoms with Gasteiger partial charge < -0.3 is 4.74 Å². The normalized spacial score (nSPS) is 24.9. The van der Waals surface area contributed by atoms with Crippen LogP contribution in [0.25, 0.3) is 0 Å². The smallest absolute Gasteiger partial charge is 0.150 e. The third kappa shape index (κ3) is 1.95. The molecule has 0 radical (unpaired) electrons. The summed E-state index contributed by atoms with van der Waals surface area (Å²) in [4.78, 5) is 0. The predicted octanol–water partition coefficient (Wildman–Crippen LogP) is 4.25. The molecule has 104 valence electrons. The van der Waals surface area contributed by atoms with Gasteiger partial charge in [-0.1, -0.05) is 54.6 Å². The lowest BCUT2D eigenvalue weighted by molar-refractivity contribution is -0.0940. The quantitative estimate of drug-likeness (QED) is 0.810. The molecule has 0 heterocycles. The first kappa shape index (κ1) is 13.3. The van der Waals surface area contributed by atoms with Crippen LogP contribution in [0.3, 0.4) is 0 Å². The first-order valence-electron chi connectivity index (χ1n) is 7.10. The van der Waals surface area contributed by atoms with E-state index in [-0.39, 0.29) is 6.10 Å². The molecule has 2 aromatic carbocycles. The van der Waals surface area contributed by atoms with Crippen molar-refractivity contribution >= 4 is 0 Å². The Bertz CT molecular complexity index is 593. The van der Waals surface area contributed by atoms with Gasteiger partial charge in [0.1, 0.15) is 6.17 Å². The van der Waals surface area contributed by atoms with Gasteiger partial charge >= 0.3 is 0 Å². The van der Waals surface area contributed by atoms with E-state index in [0.29, 0.717) is 6.42 Å². The van der Waals surface area contributed by atoms with Gasteiger partial charge in [-0.05, 0) is 30.5 Å². The van der Waals surface area contributed by atoms with E-state index in [1.807, 2.05) is 68.4 Å². The highest BCUT2D eigenvalue weighted by Crippen LogP contribution is 2.47. The number of ether oxygens (including phenoxy) is 1. The van der Waals surface area contributed by atoms with Crippen molar-refractivity contribution in [3.05, 3.63) is 71.3 Å². The molecule has 0 N–H and O–H groups in total. The Labute approximate surface area is 119 Å². The number of fused-ring (bicyclic) bond motifs is 1. The standard InChI is InChI=1S/C18H19FO/c1-13(2)20-18(15-9-4-3-5-10-15)16-11-7-6-8-14(16)12-17(18)19/h3-11,13,17H,12H2,1-2H3/t17-,18-/m1/s1. The van der Waals surface area contributed by atoms with Crippen molar-refractivity contribution in [1.82, 2.24) is 0 Å². The van der Waals surface area contributed by atoms with Gasteiger partial charge in [0.25, 0.3) is 0 Å². The molecule has 0 aromatic heterocycles. The molecule has 1 nitrogen and oxygen atoms in total. The van der Waals surface area contributed by atoms with Crippen molar-refractivity contribution in [2.24, 2.45) is 0 Å². The molecule has 0 aliphatic heterocycles. The summed E-state index contributed by atoms with van der Waals surface area (Å²) in [5.74, 6) is 0. The second-order valence-electron chi connectivity index (χ2n) is 5.60. The van der Waals surface area contributed by atoms with Crippen molar-refractivity contribution < 1.29 is 9.13 Å².